The topological polar surface area (TPSA) is 56.8 Å². The second-order valence-electron chi connectivity index (χ2n) is 5.22. The Hall–Kier alpha value is -1.46. The van der Waals surface area contributed by atoms with E-state index in [1.807, 2.05) is 6.07 Å². The monoisotopic (exact) mass is 311 g/mol. The molecule has 2 aliphatic heterocycles. The van der Waals surface area contributed by atoms with Gasteiger partial charge in [0.25, 0.3) is 0 Å². The highest BCUT2D eigenvalue weighted by molar-refractivity contribution is 6.32. The standard InChI is InChI=1S/C15H18ClNO4/c16-12-6-10(7-13-15(12)21-5-4-20-13)8-14(18)17-9-11-2-1-3-19-11/h6-7,11H,1-5,8-9H2,(H,17,18). The maximum atomic E-state index is 12.0. The molecule has 6 heteroatoms. The van der Waals surface area contributed by atoms with Crippen LogP contribution in [0.1, 0.15) is 18.4 Å². The van der Waals surface area contributed by atoms with Crippen molar-refractivity contribution < 1.29 is 19.0 Å². The van der Waals surface area contributed by atoms with E-state index in [0.29, 0.717) is 36.3 Å². The summed E-state index contributed by atoms with van der Waals surface area (Å²) in [6.45, 7) is 2.35. The van der Waals surface area contributed by atoms with E-state index < -0.39 is 0 Å². The molecule has 0 aromatic heterocycles. The number of nitrogens with one attached hydrogen (secondary N) is 1. The SMILES string of the molecule is O=C(Cc1cc(Cl)c2c(c1)OCCO2)NCC1CCCO1. The van der Waals surface area contributed by atoms with Crippen LogP contribution in [0.5, 0.6) is 11.5 Å². The molecule has 1 amide bonds. The maximum absolute atomic E-state index is 12.0. The van der Waals surface area contributed by atoms with Gasteiger partial charge in [-0.25, -0.2) is 0 Å². The summed E-state index contributed by atoms with van der Waals surface area (Å²) in [6.07, 6.45) is 2.50. The van der Waals surface area contributed by atoms with E-state index in [-0.39, 0.29) is 18.4 Å². The Morgan fingerprint density at radius 3 is 2.95 bits per heavy atom. The number of carbonyl (C=O) groups excluding carboxylic acids is 1. The summed E-state index contributed by atoms with van der Waals surface area (Å²) in [6, 6.07) is 3.56. The van der Waals surface area contributed by atoms with E-state index in [1.165, 1.54) is 0 Å². The van der Waals surface area contributed by atoms with Gasteiger partial charge in [-0.3, -0.25) is 4.79 Å². The van der Waals surface area contributed by atoms with Crippen LogP contribution in [-0.4, -0.2) is 38.4 Å². The number of hydrogen-bond acceptors (Lipinski definition) is 4. The first kappa shape index (κ1) is 14.5. The number of halogens is 1. The molecule has 2 heterocycles. The molecule has 1 N–H and O–H groups in total. The van der Waals surface area contributed by atoms with Crippen molar-refractivity contribution in [3.05, 3.63) is 22.7 Å². The van der Waals surface area contributed by atoms with Gasteiger partial charge in [-0.2, -0.15) is 0 Å². The van der Waals surface area contributed by atoms with E-state index in [4.69, 9.17) is 25.8 Å². The van der Waals surface area contributed by atoms with Crippen molar-refractivity contribution >= 4 is 17.5 Å². The molecule has 114 valence electrons. The summed E-state index contributed by atoms with van der Waals surface area (Å²) in [4.78, 5) is 12.0. The van der Waals surface area contributed by atoms with Crippen LogP contribution in [0, 0.1) is 0 Å². The average Bonchev–Trinajstić information content (AvgIpc) is 2.98. The fourth-order valence-electron chi connectivity index (χ4n) is 2.55. The number of fused-ring (bicyclic) bond motifs is 1. The molecule has 0 aliphatic carbocycles. The highest BCUT2D eigenvalue weighted by atomic mass is 35.5. The van der Waals surface area contributed by atoms with Crippen molar-refractivity contribution in [2.24, 2.45) is 0 Å². The normalized spacial score (nSPS) is 20.3. The Morgan fingerprint density at radius 1 is 1.29 bits per heavy atom. The van der Waals surface area contributed by atoms with Gasteiger partial charge in [0, 0.05) is 13.2 Å². The smallest absolute Gasteiger partial charge is 0.224 e. The third-order valence-corrected chi connectivity index (χ3v) is 3.85. The third-order valence-electron chi connectivity index (χ3n) is 3.57. The first-order valence-corrected chi connectivity index (χ1v) is 7.56. The van der Waals surface area contributed by atoms with Crippen LogP contribution in [0.2, 0.25) is 5.02 Å². The highest BCUT2D eigenvalue weighted by Crippen LogP contribution is 2.38. The molecular formula is C15H18ClNO4. The molecule has 0 saturated carbocycles. The predicted molar refractivity (Wildman–Crippen MR) is 78.1 cm³/mol. The summed E-state index contributed by atoms with van der Waals surface area (Å²) in [5, 5.41) is 3.37. The van der Waals surface area contributed by atoms with Crippen LogP contribution in [-0.2, 0) is 16.0 Å². The molecule has 21 heavy (non-hydrogen) atoms. The summed E-state index contributed by atoms with van der Waals surface area (Å²) >= 11 is 6.15. The summed E-state index contributed by atoms with van der Waals surface area (Å²) < 4.78 is 16.4. The molecule has 0 radical (unpaired) electrons. The number of rotatable bonds is 4. The van der Waals surface area contributed by atoms with Gasteiger partial charge in [-0.15, -0.1) is 0 Å². The number of amides is 1. The second kappa shape index (κ2) is 6.54. The fraction of sp³-hybridized carbons (Fsp3) is 0.533. The summed E-state index contributed by atoms with van der Waals surface area (Å²) in [7, 11) is 0. The Labute approximate surface area is 128 Å². The molecule has 1 unspecified atom stereocenters. The van der Waals surface area contributed by atoms with Crippen LogP contribution in [0.25, 0.3) is 0 Å². The van der Waals surface area contributed by atoms with Crippen LogP contribution >= 0.6 is 11.6 Å². The van der Waals surface area contributed by atoms with Gasteiger partial charge in [0.1, 0.15) is 13.2 Å². The van der Waals surface area contributed by atoms with Crippen LogP contribution in [0.3, 0.4) is 0 Å². The minimum atomic E-state index is -0.0433. The lowest BCUT2D eigenvalue weighted by Crippen LogP contribution is -2.32. The Kier molecular flexibility index (Phi) is 4.51. The number of benzene rings is 1. The Morgan fingerprint density at radius 2 is 2.14 bits per heavy atom. The van der Waals surface area contributed by atoms with Gasteiger partial charge < -0.3 is 19.5 Å². The number of ether oxygens (including phenoxy) is 3. The van der Waals surface area contributed by atoms with E-state index in [1.54, 1.807) is 6.07 Å². The molecule has 0 spiro atoms. The van der Waals surface area contributed by atoms with Crippen molar-refractivity contribution in [1.82, 2.24) is 5.32 Å². The average molecular weight is 312 g/mol. The molecule has 1 atom stereocenters. The van der Waals surface area contributed by atoms with Crippen molar-refractivity contribution in [3.8, 4) is 11.5 Å². The molecule has 1 fully saturated rings. The van der Waals surface area contributed by atoms with Gasteiger partial charge >= 0.3 is 0 Å². The molecule has 2 aliphatic rings. The minimum absolute atomic E-state index is 0.0433. The molecule has 0 bridgehead atoms. The van der Waals surface area contributed by atoms with Crippen LogP contribution in [0.15, 0.2) is 12.1 Å². The Balaban J connectivity index is 1.59. The largest absolute Gasteiger partial charge is 0.486 e. The third kappa shape index (κ3) is 3.60. The van der Waals surface area contributed by atoms with Crippen LogP contribution < -0.4 is 14.8 Å². The van der Waals surface area contributed by atoms with Gasteiger partial charge in [-0.1, -0.05) is 11.6 Å². The molecule has 1 aromatic carbocycles. The Bertz CT molecular complexity index is 529. The van der Waals surface area contributed by atoms with Crippen molar-refractivity contribution in [2.45, 2.75) is 25.4 Å². The van der Waals surface area contributed by atoms with Gasteiger partial charge in [0.05, 0.1) is 17.5 Å². The molecule has 3 rings (SSSR count). The lowest BCUT2D eigenvalue weighted by Gasteiger charge is -2.20. The highest BCUT2D eigenvalue weighted by Gasteiger charge is 2.19. The lowest BCUT2D eigenvalue weighted by atomic mass is 10.1. The van der Waals surface area contributed by atoms with Gasteiger partial charge in [-0.05, 0) is 30.5 Å². The van der Waals surface area contributed by atoms with Gasteiger partial charge in [0.15, 0.2) is 11.5 Å². The number of hydrogen-bond donors (Lipinski definition) is 1. The zero-order valence-corrected chi connectivity index (χ0v) is 12.4. The van der Waals surface area contributed by atoms with E-state index in [9.17, 15) is 4.79 Å². The fourth-order valence-corrected chi connectivity index (χ4v) is 2.84. The molecule has 1 aromatic rings. The first-order valence-electron chi connectivity index (χ1n) is 7.18. The van der Waals surface area contributed by atoms with Crippen molar-refractivity contribution in [3.63, 3.8) is 0 Å². The quantitative estimate of drug-likeness (QED) is 0.923. The van der Waals surface area contributed by atoms with E-state index >= 15 is 0 Å². The van der Waals surface area contributed by atoms with Gasteiger partial charge in [0.2, 0.25) is 5.91 Å². The van der Waals surface area contributed by atoms with E-state index in [0.717, 1.165) is 25.0 Å². The van der Waals surface area contributed by atoms with Crippen molar-refractivity contribution in [2.75, 3.05) is 26.4 Å². The van der Waals surface area contributed by atoms with E-state index in [2.05, 4.69) is 5.32 Å². The summed E-state index contributed by atoms with van der Waals surface area (Å²) in [5.74, 6) is 1.13. The summed E-state index contributed by atoms with van der Waals surface area (Å²) in [5.41, 5.74) is 0.814. The number of carbonyl (C=O) groups is 1. The molecule has 5 nitrogen and oxygen atoms in total. The minimum Gasteiger partial charge on any atom is -0.486 e. The van der Waals surface area contributed by atoms with Crippen molar-refractivity contribution in [1.29, 1.82) is 0 Å². The maximum Gasteiger partial charge on any atom is 0.224 e. The zero-order chi connectivity index (χ0) is 14.7. The lowest BCUT2D eigenvalue weighted by molar-refractivity contribution is -0.120. The molecule has 1 saturated heterocycles. The predicted octanol–water partition coefficient (Wildman–Crippen LogP) is 1.95. The van der Waals surface area contributed by atoms with Crippen LogP contribution in [0.4, 0.5) is 0 Å². The molecular weight excluding hydrogens is 294 g/mol. The second-order valence-corrected chi connectivity index (χ2v) is 5.62. The first-order chi connectivity index (χ1) is 10.2. The zero-order valence-electron chi connectivity index (χ0n) is 11.7.